The van der Waals surface area contributed by atoms with Crippen molar-refractivity contribution in [2.24, 2.45) is 11.8 Å². The summed E-state index contributed by atoms with van der Waals surface area (Å²) in [4.78, 5) is 14.0. The first-order valence-electron chi connectivity index (χ1n) is 7.76. The molecule has 3 fully saturated rings. The van der Waals surface area contributed by atoms with Crippen LogP contribution in [0.25, 0.3) is 0 Å². The number of carboxylic acids is 1. The van der Waals surface area contributed by atoms with E-state index in [1.165, 1.54) is 38.5 Å². The summed E-state index contributed by atoms with van der Waals surface area (Å²) in [6, 6.07) is 1.05. The monoisotopic (exact) mass is 251 g/mol. The lowest BCUT2D eigenvalue weighted by molar-refractivity contribution is -0.143. The van der Waals surface area contributed by atoms with Crippen LogP contribution in [0.5, 0.6) is 0 Å². The van der Waals surface area contributed by atoms with E-state index in [9.17, 15) is 9.90 Å². The summed E-state index contributed by atoms with van der Waals surface area (Å²) in [5, 5.41) is 9.37. The summed E-state index contributed by atoms with van der Waals surface area (Å²) in [5.74, 6) is 0.212. The van der Waals surface area contributed by atoms with Gasteiger partial charge in [0.2, 0.25) is 0 Å². The highest BCUT2D eigenvalue weighted by atomic mass is 16.4. The van der Waals surface area contributed by atoms with Crippen molar-refractivity contribution in [1.29, 1.82) is 0 Å². The molecule has 3 rings (SSSR count). The van der Waals surface area contributed by atoms with Crippen molar-refractivity contribution in [3.05, 3.63) is 0 Å². The third kappa shape index (κ3) is 2.18. The molecule has 1 aliphatic heterocycles. The van der Waals surface area contributed by atoms with Crippen molar-refractivity contribution in [2.75, 3.05) is 6.54 Å². The van der Waals surface area contributed by atoms with Gasteiger partial charge in [0.25, 0.3) is 0 Å². The maximum absolute atomic E-state index is 11.4. The number of likely N-dealkylation sites (tertiary alicyclic amines) is 1. The fourth-order valence-electron chi connectivity index (χ4n) is 4.70. The number of carbonyl (C=O) groups is 1. The van der Waals surface area contributed by atoms with E-state index in [1.807, 2.05) is 0 Å². The van der Waals surface area contributed by atoms with Crippen LogP contribution in [0, 0.1) is 11.8 Å². The van der Waals surface area contributed by atoms with Crippen molar-refractivity contribution in [1.82, 2.24) is 4.90 Å². The predicted molar refractivity (Wildman–Crippen MR) is 70.5 cm³/mol. The molecule has 0 aromatic rings. The molecular weight excluding hydrogens is 226 g/mol. The molecule has 1 heterocycles. The molecule has 3 aliphatic rings. The van der Waals surface area contributed by atoms with Gasteiger partial charge in [0, 0.05) is 12.1 Å². The maximum Gasteiger partial charge on any atom is 0.308 e. The average Bonchev–Trinajstić information content (AvgIpc) is 3.10. The van der Waals surface area contributed by atoms with Gasteiger partial charge >= 0.3 is 5.97 Å². The second-order valence-electron chi connectivity index (χ2n) is 6.43. The van der Waals surface area contributed by atoms with Crippen LogP contribution in [-0.2, 0) is 4.79 Å². The van der Waals surface area contributed by atoms with Crippen molar-refractivity contribution >= 4 is 5.97 Å². The van der Waals surface area contributed by atoms with E-state index in [4.69, 9.17) is 0 Å². The van der Waals surface area contributed by atoms with E-state index >= 15 is 0 Å². The number of carboxylic acid groups (broad SMARTS) is 1. The fourth-order valence-corrected chi connectivity index (χ4v) is 4.70. The molecule has 3 nitrogen and oxygen atoms in total. The van der Waals surface area contributed by atoms with Crippen LogP contribution in [0.15, 0.2) is 0 Å². The number of nitrogens with zero attached hydrogens (tertiary/aromatic N) is 1. The van der Waals surface area contributed by atoms with Gasteiger partial charge in [0.1, 0.15) is 0 Å². The molecular formula is C15H25NO2. The summed E-state index contributed by atoms with van der Waals surface area (Å²) < 4.78 is 0. The third-order valence-electron chi connectivity index (χ3n) is 5.51. The molecule has 102 valence electrons. The van der Waals surface area contributed by atoms with Gasteiger partial charge in [-0.3, -0.25) is 9.69 Å². The zero-order valence-corrected chi connectivity index (χ0v) is 11.2. The molecule has 3 atom stereocenters. The Labute approximate surface area is 110 Å². The van der Waals surface area contributed by atoms with Crippen LogP contribution >= 0.6 is 0 Å². The highest BCUT2D eigenvalue weighted by Gasteiger charge is 2.43. The van der Waals surface area contributed by atoms with E-state index in [1.54, 1.807) is 0 Å². The lowest BCUT2D eigenvalue weighted by Gasteiger charge is -2.36. The minimum Gasteiger partial charge on any atom is -0.481 e. The van der Waals surface area contributed by atoms with Gasteiger partial charge in [-0.25, -0.2) is 0 Å². The average molecular weight is 251 g/mol. The molecule has 0 aromatic heterocycles. The Hall–Kier alpha value is -0.570. The predicted octanol–water partition coefficient (Wildman–Crippen LogP) is 2.89. The summed E-state index contributed by atoms with van der Waals surface area (Å²) in [6.07, 6.45) is 11.3. The SMILES string of the molecule is O=C(O)C1CCCC1N1CCCC1C1CCCC1. The summed E-state index contributed by atoms with van der Waals surface area (Å²) in [7, 11) is 0. The van der Waals surface area contributed by atoms with Crippen molar-refractivity contribution in [2.45, 2.75) is 69.9 Å². The molecule has 0 spiro atoms. The highest BCUT2D eigenvalue weighted by Crippen LogP contribution is 2.40. The first-order valence-corrected chi connectivity index (χ1v) is 7.76. The van der Waals surface area contributed by atoms with Crippen LogP contribution < -0.4 is 0 Å². The molecule has 1 saturated heterocycles. The standard InChI is InChI=1S/C15H25NO2/c17-15(18)12-7-3-8-14(12)16-10-4-9-13(16)11-5-1-2-6-11/h11-14H,1-10H2,(H,17,18). The van der Waals surface area contributed by atoms with Crippen molar-refractivity contribution in [3.8, 4) is 0 Å². The van der Waals surface area contributed by atoms with Crippen LogP contribution in [0.1, 0.15) is 57.8 Å². The summed E-state index contributed by atoms with van der Waals surface area (Å²) in [6.45, 7) is 1.15. The van der Waals surface area contributed by atoms with Crippen LogP contribution in [0.3, 0.4) is 0 Å². The van der Waals surface area contributed by atoms with Gasteiger partial charge in [0.05, 0.1) is 5.92 Å². The van der Waals surface area contributed by atoms with Gasteiger partial charge in [0.15, 0.2) is 0 Å². The van der Waals surface area contributed by atoms with E-state index < -0.39 is 5.97 Å². The van der Waals surface area contributed by atoms with Crippen LogP contribution in [-0.4, -0.2) is 34.6 Å². The zero-order valence-electron chi connectivity index (χ0n) is 11.2. The van der Waals surface area contributed by atoms with E-state index in [0.29, 0.717) is 12.1 Å². The summed E-state index contributed by atoms with van der Waals surface area (Å²) in [5.41, 5.74) is 0. The van der Waals surface area contributed by atoms with Gasteiger partial charge in [-0.1, -0.05) is 19.3 Å². The van der Waals surface area contributed by atoms with Crippen LogP contribution in [0.4, 0.5) is 0 Å². The van der Waals surface area contributed by atoms with E-state index in [0.717, 1.165) is 31.7 Å². The molecule has 0 bridgehead atoms. The molecule has 0 amide bonds. The second kappa shape index (κ2) is 5.20. The Bertz CT molecular complexity index is 312. The smallest absolute Gasteiger partial charge is 0.308 e. The molecule has 0 aromatic carbocycles. The largest absolute Gasteiger partial charge is 0.481 e. The first-order chi connectivity index (χ1) is 8.77. The number of hydrogen-bond donors (Lipinski definition) is 1. The third-order valence-corrected chi connectivity index (χ3v) is 5.51. The molecule has 1 N–H and O–H groups in total. The minimum absolute atomic E-state index is 0.0907. The minimum atomic E-state index is -0.561. The molecule has 0 radical (unpaired) electrons. The zero-order chi connectivity index (χ0) is 12.5. The Balaban J connectivity index is 1.71. The molecule has 3 unspecified atom stereocenters. The highest BCUT2D eigenvalue weighted by molar-refractivity contribution is 5.71. The fraction of sp³-hybridized carbons (Fsp3) is 0.933. The Morgan fingerprint density at radius 3 is 2.33 bits per heavy atom. The summed E-state index contributed by atoms with van der Waals surface area (Å²) >= 11 is 0. The molecule has 2 saturated carbocycles. The Morgan fingerprint density at radius 2 is 1.61 bits per heavy atom. The number of hydrogen-bond acceptors (Lipinski definition) is 2. The van der Waals surface area contributed by atoms with Crippen LogP contribution in [0.2, 0.25) is 0 Å². The van der Waals surface area contributed by atoms with Gasteiger partial charge in [-0.15, -0.1) is 0 Å². The quantitative estimate of drug-likeness (QED) is 0.838. The Kier molecular flexibility index (Phi) is 3.60. The molecule has 3 heteroatoms. The Morgan fingerprint density at radius 1 is 0.889 bits per heavy atom. The lowest BCUT2D eigenvalue weighted by Crippen LogP contribution is -2.45. The van der Waals surface area contributed by atoms with E-state index in [2.05, 4.69) is 4.90 Å². The maximum atomic E-state index is 11.4. The van der Waals surface area contributed by atoms with Gasteiger partial charge in [-0.05, 0) is 51.0 Å². The second-order valence-corrected chi connectivity index (χ2v) is 6.43. The molecule has 2 aliphatic carbocycles. The van der Waals surface area contributed by atoms with Crippen molar-refractivity contribution < 1.29 is 9.90 Å². The van der Waals surface area contributed by atoms with Gasteiger partial charge in [-0.2, -0.15) is 0 Å². The molecule has 18 heavy (non-hydrogen) atoms. The lowest BCUT2D eigenvalue weighted by atomic mass is 9.93. The number of rotatable bonds is 3. The van der Waals surface area contributed by atoms with Gasteiger partial charge < -0.3 is 5.11 Å². The normalized spacial score (nSPS) is 38.6. The van der Waals surface area contributed by atoms with Crippen molar-refractivity contribution in [3.63, 3.8) is 0 Å². The first kappa shape index (κ1) is 12.5. The topological polar surface area (TPSA) is 40.5 Å². The number of aliphatic carboxylic acids is 1. The van der Waals surface area contributed by atoms with E-state index in [-0.39, 0.29) is 5.92 Å².